The lowest BCUT2D eigenvalue weighted by Gasteiger charge is -2.31. The molecule has 0 aliphatic heterocycles. The third-order valence-corrected chi connectivity index (χ3v) is 4.03. The molecule has 0 radical (unpaired) electrons. The van der Waals surface area contributed by atoms with E-state index in [2.05, 4.69) is 5.32 Å². The van der Waals surface area contributed by atoms with Crippen LogP contribution < -0.4 is 5.32 Å². The molecule has 2 rings (SSSR count). The van der Waals surface area contributed by atoms with Crippen LogP contribution in [0.2, 0.25) is 0 Å². The normalized spacial score (nSPS) is 24.1. The van der Waals surface area contributed by atoms with Gasteiger partial charge in [-0.1, -0.05) is 12.8 Å². The molecule has 0 bridgehead atoms. The fourth-order valence-electron chi connectivity index (χ4n) is 2.74. The van der Waals surface area contributed by atoms with E-state index in [9.17, 15) is 9.90 Å². The number of carbonyl (C=O) groups excluding carboxylic acids is 1. The molecule has 1 aromatic heterocycles. The first-order valence-corrected chi connectivity index (χ1v) is 7.31. The molecular weight excluding hydrogens is 256 g/mol. The minimum atomic E-state index is -0.276. The SMILES string of the molecule is C[C@H](NC(=O)N(C)C[C@H]1CCCC[C@H]1O)c1ccco1. The summed E-state index contributed by atoms with van der Waals surface area (Å²) < 4.78 is 5.27. The van der Waals surface area contributed by atoms with E-state index in [1.54, 1.807) is 24.3 Å². The van der Waals surface area contributed by atoms with Gasteiger partial charge in [-0.2, -0.15) is 0 Å². The molecule has 1 aliphatic rings. The van der Waals surface area contributed by atoms with E-state index in [4.69, 9.17) is 4.42 Å². The van der Waals surface area contributed by atoms with Crippen molar-refractivity contribution in [1.29, 1.82) is 0 Å². The minimum Gasteiger partial charge on any atom is -0.467 e. The zero-order valence-electron chi connectivity index (χ0n) is 12.2. The van der Waals surface area contributed by atoms with Gasteiger partial charge >= 0.3 is 6.03 Å². The molecule has 0 saturated heterocycles. The Morgan fingerprint density at radius 1 is 1.55 bits per heavy atom. The van der Waals surface area contributed by atoms with Gasteiger partial charge < -0.3 is 19.7 Å². The van der Waals surface area contributed by atoms with Crippen molar-refractivity contribution in [3.63, 3.8) is 0 Å². The zero-order chi connectivity index (χ0) is 14.5. The smallest absolute Gasteiger partial charge is 0.317 e. The molecule has 0 unspecified atom stereocenters. The van der Waals surface area contributed by atoms with Crippen LogP contribution in [0.1, 0.15) is 44.4 Å². The van der Waals surface area contributed by atoms with Gasteiger partial charge in [0.15, 0.2) is 0 Å². The fourth-order valence-corrected chi connectivity index (χ4v) is 2.74. The molecule has 1 fully saturated rings. The van der Waals surface area contributed by atoms with Gasteiger partial charge in [-0.25, -0.2) is 4.79 Å². The summed E-state index contributed by atoms with van der Waals surface area (Å²) in [5, 5.41) is 12.9. The van der Waals surface area contributed by atoms with Gasteiger partial charge in [-0.15, -0.1) is 0 Å². The number of carbonyl (C=O) groups is 1. The second kappa shape index (κ2) is 6.79. The van der Waals surface area contributed by atoms with Crippen molar-refractivity contribution in [1.82, 2.24) is 10.2 Å². The Morgan fingerprint density at radius 3 is 2.95 bits per heavy atom. The average Bonchev–Trinajstić information content (AvgIpc) is 2.95. The van der Waals surface area contributed by atoms with Crippen molar-refractivity contribution >= 4 is 6.03 Å². The molecule has 5 heteroatoms. The number of urea groups is 1. The van der Waals surface area contributed by atoms with Crippen LogP contribution in [0, 0.1) is 5.92 Å². The van der Waals surface area contributed by atoms with E-state index in [1.165, 1.54) is 0 Å². The van der Waals surface area contributed by atoms with E-state index >= 15 is 0 Å². The highest BCUT2D eigenvalue weighted by Gasteiger charge is 2.26. The van der Waals surface area contributed by atoms with Crippen LogP contribution >= 0.6 is 0 Å². The summed E-state index contributed by atoms with van der Waals surface area (Å²) in [6.45, 7) is 2.48. The van der Waals surface area contributed by atoms with Crippen molar-refractivity contribution in [2.75, 3.05) is 13.6 Å². The van der Waals surface area contributed by atoms with E-state index in [1.807, 2.05) is 13.0 Å². The summed E-state index contributed by atoms with van der Waals surface area (Å²) in [7, 11) is 1.77. The van der Waals surface area contributed by atoms with Gasteiger partial charge in [0.2, 0.25) is 0 Å². The van der Waals surface area contributed by atoms with Crippen LogP contribution in [-0.4, -0.2) is 35.7 Å². The number of rotatable bonds is 4. The molecule has 3 atom stereocenters. The van der Waals surface area contributed by atoms with Crippen LogP contribution in [0.15, 0.2) is 22.8 Å². The van der Waals surface area contributed by atoms with Crippen LogP contribution in [0.5, 0.6) is 0 Å². The van der Waals surface area contributed by atoms with Gasteiger partial charge in [-0.3, -0.25) is 0 Å². The average molecular weight is 280 g/mol. The topological polar surface area (TPSA) is 65.7 Å². The maximum atomic E-state index is 12.1. The van der Waals surface area contributed by atoms with Crippen LogP contribution in [0.3, 0.4) is 0 Å². The predicted molar refractivity (Wildman–Crippen MR) is 76.2 cm³/mol. The Balaban J connectivity index is 1.82. The molecule has 2 N–H and O–H groups in total. The number of hydrogen-bond donors (Lipinski definition) is 2. The highest BCUT2D eigenvalue weighted by atomic mass is 16.3. The molecule has 1 saturated carbocycles. The van der Waals surface area contributed by atoms with Crippen LogP contribution in [0.25, 0.3) is 0 Å². The summed E-state index contributed by atoms with van der Waals surface area (Å²) in [5.74, 6) is 0.933. The van der Waals surface area contributed by atoms with E-state index in [-0.39, 0.29) is 24.1 Å². The van der Waals surface area contributed by atoms with Crippen LogP contribution in [0.4, 0.5) is 4.79 Å². The van der Waals surface area contributed by atoms with Gasteiger partial charge in [0, 0.05) is 19.5 Å². The number of hydrogen-bond acceptors (Lipinski definition) is 3. The summed E-state index contributed by atoms with van der Waals surface area (Å²) in [4.78, 5) is 13.8. The quantitative estimate of drug-likeness (QED) is 0.890. The Kier molecular flexibility index (Phi) is 5.06. The van der Waals surface area contributed by atoms with Crippen molar-refractivity contribution in [3.05, 3.63) is 24.2 Å². The first-order chi connectivity index (χ1) is 9.58. The van der Waals surface area contributed by atoms with E-state index in [0.29, 0.717) is 6.54 Å². The summed E-state index contributed by atoms with van der Waals surface area (Å²) in [5.41, 5.74) is 0. The van der Waals surface area contributed by atoms with Crippen molar-refractivity contribution in [2.45, 2.75) is 44.8 Å². The predicted octanol–water partition coefficient (Wildman–Crippen LogP) is 2.53. The second-order valence-corrected chi connectivity index (χ2v) is 5.68. The lowest BCUT2D eigenvalue weighted by Crippen LogP contribution is -2.43. The number of nitrogens with one attached hydrogen (secondary N) is 1. The summed E-state index contributed by atoms with van der Waals surface area (Å²) >= 11 is 0. The molecule has 20 heavy (non-hydrogen) atoms. The molecule has 2 amide bonds. The third-order valence-electron chi connectivity index (χ3n) is 4.03. The molecule has 1 aromatic rings. The lowest BCUT2D eigenvalue weighted by molar-refractivity contribution is 0.0562. The fraction of sp³-hybridized carbons (Fsp3) is 0.667. The van der Waals surface area contributed by atoms with Gasteiger partial charge in [0.1, 0.15) is 5.76 Å². The molecule has 0 spiro atoms. The zero-order valence-corrected chi connectivity index (χ0v) is 12.2. The molecular formula is C15H24N2O3. The summed E-state index contributed by atoms with van der Waals surface area (Å²) in [6.07, 6.45) is 5.39. The number of amides is 2. The highest BCUT2D eigenvalue weighted by Crippen LogP contribution is 2.25. The molecule has 1 aliphatic carbocycles. The minimum absolute atomic E-state index is 0.133. The van der Waals surface area contributed by atoms with Gasteiger partial charge in [0.25, 0.3) is 0 Å². The van der Waals surface area contributed by atoms with Gasteiger partial charge in [0.05, 0.1) is 18.4 Å². The maximum Gasteiger partial charge on any atom is 0.317 e. The van der Waals surface area contributed by atoms with E-state index < -0.39 is 0 Å². The molecule has 112 valence electrons. The Hall–Kier alpha value is -1.49. The Morgan fingerprint density at radius 2 is 2.30 bits per heavy atom. The van der Waals surface area contributed by atoms with Crippen molar-refractivity contribution < 1.29 is 14.3 Å². The highest BCUT2D eigenvalue weighted by molar-refractivity contribution is 5.74. The van der Waals surface area contributed by atoms with Crippen LogP contribution in [-0.2, 0) is 0 Å². The largest absolute Gasteiger partial charge is 0.467 e. The summed E-state index contributed by atoms with van der Waals surface area (Å²) in [6, 6.07) is 3.36. The third kappa shape index (κ3) is 3.76. The van der Waals surface area contributed by atoms with Crippen molar-refractivity contribution in [2.24, 2.45) is 5.92 Å². The monoisotopic (exact) mass is 280 g/mol. The number of nitrogens with zero attached hydrogens (tertiary/aromatic N) is 1. The second-order valence-electron chi connectivity index (χ2n) is 5.68. The first kappa shape index (κ1) is 14.9. The van der Waals surface area contributed by atoms with Crippen molar-refractivity contribution in [3.8, 4) is 0 Å². The van der Waals surface area contributed by atoms with Gasteiger partial charge in [-0.05, 0) is 31.9 Å². The molecule has 0 aromatic carbocycles. The standard InChI is InChI=1S/C15H24N2O3/c1-11(14-8-5-9-20-14)16-15(19)17(2)10-12-6-3-4-7-13(12)18/h5,8-9,11-13,18H,3-4,6-7,10H2,1-2H3,(H,16,19)/t11-,12+,13+/m0/s1. The Bertz CT molecular complexity index is 419. The number of furan rings is 1. The first-order valence-electron chi connectivity index (χ1n) is 7.31. The number of aliphatic hydroxyl groups is 1. The molecule has 5 nitrogen and oxygen atoms in total. The molecule has 1 heterocycles. The lowest BCUT2D eigenvalue weighted by atomic mass is 9.86. The number of aliphatic hydroxyl groups excluding tert-OH is 1. The maximum absolute atomic E-state index is 12.1. The van der Waals surface area contributed by atoms with E-state index in [0.717, 1.165) is 31.4 Å². The Labute approximate surface area is 119 Å².